The smallest absolute Gasteiger partial charge is 0.250 e. The van der Waals surface area contributed by atoms with Crippen molar-refractivity contribution in [3.05, 3.63) is 89.5 Å². The van der Waals surface area contributed by atoms with Gasteiger partial charge in [0.25, 0.3) is 0 Å². The van der Waals surface area contributed by atoms with Crippen LogP contribution < -0.4 is 5.32 Å². The second-order valence-electron chi connectivity index (χ2n) is 9.98. The van der Waals surface area contributed by atoms with E-state index in [4.69, 9.17) is 19.2 Å². The van der Waals surface area contributed by atoms with E-state index in [0.717, 1.165) is 29.5 Å². The monoisotopic (exact) mass is 529 g/mol. The number of rotatable bonds is 5. The second-order valence-corrected chi connectivity index (χ2v) is 9.98. The van der Waals surface area contributed by atoms with E-state index in [1.54, 1.807) is 18.2 Å². The van der Waals surface area contributed by atoms with E-state index >= 15 is 0 Å². The summed E-state index contributed by atoms with van der Waals surface area (Å²) in [7, 11) is 0. The normalized spacial score (nSPS) is 21.7. The third-order valence-electron chi connectivity index (χ3n) is 7.81. The Bertz CT molecular complexity index is 1670. The molecule has 0 saturated carbocycles. The molecule has 5 heterocycles. The van der Waals surface area contributed by atoms with Crippen LogP contribution in [0, 0.1) is 17.6 Å². The molecule has 198 valence electrons. The minimum atomic E-state index is -0.912. The number of benzene rings is 2. The molecule has 11 heteroatoms. The molecule has 3 aromatic heterocycles. The fourth-order valence-corrected chi connectivity index (χ4v) is 5.99. The lowest BCUT2D eigenvalue weighted by molar-refractivity contribution is 0.0272. The standard InChI is InChI=1S/C28H25F2N7O2/c1-2-23-32-27(37-39-23)28(16-9-11-38-12-10-16)24-20(19-8-7-18(30)13-21(19)31-24)14-22(34-28)26-33-25(35-36-26)15-3-5-17(29)6-4-15/h2-8,13,16,22,31,34H,1,9-12,14H2,(H,33,35,36)/t22-,28+/m1/s1. The highest BCUT2D eigenvalue weighted by Crippen LogP contribution is 2.48. The number of H-pyrrole nitrogens is 2. The molecule has 0 bridgehead atoms. The van der Waals surface area contributed by atoms with E-state index in [2.05, 4.69) is 32.2 Å². The van der Waals surface area contributed by atoms with Crippen LogP contribution >= 0.6 is 0 Å². The zero-order chi connectivity index (χ0) is 26.6. The Morgan fingerprint density at radius 3 is 2.59 bits per heavy atom. The Morgan fingerprint density at radius 2 is 1.82 bits per heavy atom. The van der Waals surface area contributed by atoms with Gasteiger partial charge in [0, 0.05) is 35.4 Å². The molecule has 0 aliphatic carbocycles. The average Bonchev–Trinajstić information content (AvgIpc) is 3.72. The Kier molecular flexibility index (Phi) is 5.64. The highest BCUT2D eigenvalue weighted by atomic mass is 19.1. The maximum Gasteiger partial charge on any atom is 0.250 e. The Balaban J connectivity index is 1.42. The van der Waals surface area contributed by atoms with Crippen LogP contribution in [0.25, 0.3) is 28.4 Å². The van der Waals surface area contributed by atoms with Gasteiger partial charge in [0.2, 0.25) is 5.89 Å². The number of nitrogens with zero attached hydrogens (tertiary/aromatic N) is 4. The fraction of sp³-hybridized carbons (Fsp3) is 0.286. The van der Waals surface area contributed by atoms with Crippen molar-refractivity contribution in [3.63, 3.8) is 0 Å². The number of fused-ring (bicyclic) bond motifs is 3. The lowest BCUT2D eigenvalue weighted by atomic mass is 9.71. The van der Waals surface area contributed by atoms with Crippen molar-refractivity contribution in [1.82, 2.24) is 35.6 Å². The summed E-state index contributed by atoms with van der Waals surface area (Å²) >= 11 is 0. The van der Waals surface area contributed by atoms with Gasteiger partial charge in [0.05, 0.1) is 6.04 Å². The van der Waals surface area contributed by atoms with Crippen molar-refractivity contribution in [1.29, 1.82) is 0 Å². The molecule has 2 atom stereocenters. The molecule has 1 fully saturated rings. The number of aromatic amines is 2. The van der Waals surface area contributed by atoms with Gasteiger partial charge in [-0.25, -0.2) is 13.8 Å². The van der Waals surface area contributed by atoms with Crippen molar-refractivity contribution in [2.24, 2.45) is 5.92 Å². The molecule has 0 radical (unpaired) electrons. The maximum absolute atomic E-state index is 14.3. The molecular weight excluding hydrogens is 504 g/mol. The Labute approximate surface area is 221 Å². The van der Waals surface area contributed by atoms with Crippen LogP contribution in [0.4, 0.5) is 8.78 Å². The van der Waals surface area contributed by atoms with E-state index in [1.807, 2.05) is 0 Å². The van der Waals surface area contributed by atoms with Crippen LogP contribution in [0.5, 0.6) is 0 Å². The molecule has 9 nitrogen and oxygen atoms in total. The van der Waals surface area contributed by atoms with Crippen molar-refractivity contribution in [3.8, 4) is 11.4 Å². The van der Waals surface area contributed by atoms with Crippen LogP contribution in [0.15, 0.2) is 53.6 Å². The fourth-order valence-electron chi connectivity index (χ4n) is 5.99. The summed E-state index contributed by atoms with van der Waals surface area (Å²) in [6.45, 7) is 4.96. The molecule has 0 unspecified atom stereocenters. The number of hydrogen-bond acceptors (Lipinski definition) is 7. The second kappa shape index (κ2) is 9.21. The first kappa shape index (κ1) is 23.9. The van der Waals surface area contributed by atoms with E-state index in [9.17, 15) is 8.78 Å². The zero-order valence-corrected chi connectivity index (χ0v) is 20.9. The highest BCUT2D eigenvalue weighted by molar-refractivity contribution is 5.86. The van der Waals surface area contributed by atoms with Gasteiger partial charge in [-0.3, -0.25) is 10.4 Å². The molecule has 0 spiro atoms. The largest absolute Gasteiger partial charge is 0.381 e. The van der Waals surface area contributed by atoms with Crippen LogP contribution in [-0.4, -0.2) is 43.5 Å². The van der Waals surface area contributed by atoms with Crippen LogP contribution in [-0.2, 0) is 16.7 Å². The molecule has 5 aromatic rings. The lowest BCUT2D eigenvalue weighted by Gasteiger charge is -2.45. The van der Waals surface area contributed by atoms with Gasteiger partial charge in [0.15, 0.2) is 11.6 Å². The lowest BCUT2D eigenvalue weighted by Crippen LogP contribution is -2.56. The Morgan fingerprint density at radius 1 is 1.03 bits per heavy atom. The van der Waals surface area contributed by atoms with Gasteiger partial charge >= 0.3 is 0 Å². The van der Waals surface area contributed by atoms with Gasteiger partial charge in [0.1, 0.15) is 23.0 Å². The first-order valence-corrected chi connectivity index (χ1v) is 12.9. The van der Waals surface area contributed by atoms with Gasteiger partial charge in [-0.15, -0.1) is 0 Å². The molecule has 1 saturated heterocycles. The predicted octanol–water partition coefficient (Wildman–Crippen LogP) is 4.81. The molecule has 2 aliphatic rings. The number of nitrogens with one attached hydrogen (secondary N) is 3. The number of ether oxygens (including phenoxy) is 1. The van der Waals surface area contributed by atoms with Gasteiger partial charge < -0.3 is 14.2 Å². The van der Waals surface area contributed by atoms with Gasteiger partial charge in [-0.05, 0) is 79.3 Å². The zero-order valence-electron chi connectivity index (χ0n) is 20.9. The van der Waals surface area contributed by atoms with E-state index in [-0.39, 0.29) is 23.6 Å². The molecule has 2 aromatic carbocycles. The quantitative estimate of drug-likeness (QED) is 0.299. The Hall–Kier alpha value is -4.22. The van der Waals surface area contributed by atoms with Crippen molar-refractivity contribution in [2.45, 2.75) is 30.8 Å². The average molecular weight is 530 g/mol. The summed E-state index contributed by atoms with van der Waals surface area (Å²) in [5.41, 5.74) is 2.37. The minimum Gasteiger partial charge on any atom is -0.381 e. The summed E-state index contributed by atoms with van der Waals surface area (Å²) in [5.74, 6) is 1.22. The number of aromatic nitrogens is 6. The van der Waals surface area contributed by atoms with Crippen LogP contribution in [0.1, 0.15) is 47.7 Å². The van der Waals surface area contributed by atoms with Crippen molar-refractivity contribution < 1.29 is 18.0 Å². The SMILES string of the molecule is C=Cc1nc([C@@]2(C3CCOCC3)N[C@@H](c3nc(-c4ccc(F)cc4)n[nH]3)Cc3c2[nH]c2cc(F)ccc32)no1. The maximum atomic E-state index is 14.3. The minimum absolute atomic E-state index is 0.0282. The first-order valence-electron chi connectivity index (χ1n) is 12.9. The summed E-state index contributed by atoms with van der Waals surface area (Å²) in [5, 5.41) is 16.6. The molecule has 39 heavy (non-hydrogen) atoms. The molecule has 2 aliphatic heterocycles. The number of halogens is 2. The van der Waals surface area contributed by atoms with Gasteiger partial charge in [-0.1, -0.05) is 11.7 Å². The third kappa shape index (κ3) is 3.88. The molecule has 7 rings (SSSR count). The molecule has 0 amide bonds. The number of hydrogen-bond donors (Lipinski definition) is 3. The first-order chi connectivity index (χ1) is 19.0. The van der Waals surface area contributed by atoms with E-state index in [1.165, 1.54) is 30.3 Å². The van der Waals surface area contributed by atoms with Crippen molar-refractivity contribution >= 4 is 17.0 Å². The van der Waals surface area contributed by atoms with E-state index in [0.29, 0.717) is 54.1 Å². The van der Waals surface area contributed by atoms with Crippen LogP contribution in [0.3, 0.4) is 0 Å². The summed E-state index contributed by atoms with van der Waals surface area (Å²) < 4.78 is 39.0. The highest BCUT2D eigenvalue weighted by Gasteiger charge is 2.53. The molecule has 3 N–H and O–H groups in total. The molecular formula is C28H25F2N7O2. The van der Waals surface area contributed by atoms with E-state index < -0.39 is 5.54 Å². The van der Waals surface area contributed by atoms with Crippen LogP contribution in [0.2, 0.25) is 0 Å². The summed E-state index contributed by atoms with van der Waals surface area (Å²) in [4.78, 5) is 13.0. The summed E-state index contributed by atoms with van der Waals surface area (Å²) in [6.07, 6.45) is 3.56. The summed E-state index contributed by atoms with van der Waals surface area (Å²) in [6, 6.07) is 10.5. The van der Waals surface area contributed by atoms with Gasteiger partial charge in [-0.2, -0.15) is 10.1 Å². The third-order valence-corrected chi connectivity index (χ3v) is 7.81. The predicted molar refractivity (Wildman–Crippen MR) is 138 cm³/mol. The topological polar surface area (TPSA) is 118 Å². The van der Waals surface area contributed by atoms with Crippen molar-refractivity contribution in [2.75, 3.05) is 13.2 Å².